The van der Waals surface area contributed by atoms with E-state index in [9.17, 15) is 14.9 Å². The molecule has 0 saturated carbocycles. The van der Waals surface area contributed by atoms with E-state index in [4.69, 9.17) is 11.6 Å². The number of anilines is 1. The number of rotatable bonds is 5. The van der Waals surface area contributed by atoms with Crippen molar-refractivity contribution in [1.82, 2.24) is 9.97 Å². The van der Waals surface area contributed by atoms with Gasteiger partial charge in [-0.15, -0.1) is 11.3 Å². The van der Waals surface area contributed by atoms with Crippen LogP contribution in [-0.4, -0.2) is 26.6 Å². The Hall–Kier alpha value is -2.23. The van der Waals surface area contributed by atoms with Gasteiger partial charge in [0.25, 0.3) is 5.69 Å². The van der Waals surface area contributed by atoms with Crippen molar-refractivity contribution in [2.75, 3.05) is 11.1 Å². The van der Waals surface area contributed by atoms with Gasteiger partial charge in [-0.3, -0.25) is 14.9 Å². The second-order valence-electron chi connectivity index (χ2n) is 5.79. The highest BCUT2D eigenvalue weighted by atomic mass is 35.5. The Morgan fingerprint density at radius 2 is 2.07 bits per heavy atom. The first-order valence-corrected chi connectivity index (χ1v) is 10.0. The number of benzene rings is 1. The minimum Gasteiger partial charge on any atom is -0.320 e. The topological polar surface area (TPSA) is 98.0 Å². The van der Waals surface area contributed by atoms with Crippen molar-refractivity contribution in [3.8, 4) is 0 Å². The first-order chi connectivity index (χ1) is 12.8. The Morgan fingerprint density at radius 1 is 1.33 bits per heavy atom. The molecule has 0 aliphatic carbocycles. The Labute approximate surface area is 168 Å². The molecule has 0 aliphatic heterocycles. The Morgan fingerprint density at radius 3 is 2.78 bits per heavy atom. The van der Waals surface area contributed by atoms with E-state index in [1.54, 1.807) is 11.3 Å². The van der Waals surface area contributed by atoms with Gasteiger partial charge >= 0.3 is 0 Å². The van der Waals surface area contributed by atoms with E-state index in [1.807, 2.05) is 20.8 Å². The number of nitro benzene ring substituents is 1. The van der Waals surface area contributed by atoms with Crippen LogP contribution < -0.4 is 5.32 Å². The number of thioether (sulfide) groups is 1. The summed E-state index contributed by atoms with van der Waals surface area (Å²) in [5.74, 6) is 0.320. The lowest BCUT2D eigenvalue weighted by Crippen LogP contribution is -2.15. The zero-order valence-corrected chi connectivity index (χ0v) is 17.1. The van der Waals surface area contributed by atoms with E-state index in [0.717, 1.165) is 25.7 Å². The summed E-state index contributed by atoms with van der Waals surface area (Å²) in [7, 11) is 0. The second kappa shape index (κ2) is 7.79. The molecule has 2 heterocycles. The summed E-state index contributed by atoms with van der Waals surface area (Å²) in [6.45, 7) is 5.84. The number of nitrogens with zero attached hydrogens (tertiary/aromatic N) is 3. The van der Waals surface area contributed by atoms with Gasteiger partial charge in [-0.2, -0.15) is 0 Å². The van der Waals surface area contributed by atoms with Crippen LogP contribution >= 0.6 is 34.7 Å². The molecular formula is C17H15ClN4O3S2. The van der Waals surface area contributed by atoms with Crippen molar-refractivity contribution >= 4 is 62.2 Å². The number of aryl methyl sites for hydroxylation is 3. The van der Waals surface area contributed by atoms with Crippen molar-refractivity contribution in [1.29, 1.82) is 0 Å². The van der Waals surface area contributed by atoms with Crippen LogP contribution in [0.2, 0.25) is 5.02 Å². The summed E-state index contributed by atoms with van der Waals surface area (Å²) in [6.07, 6.45) is 0. The fourth-order valence-electron chi connectivity index (χ4n) is 2.51. The number of hydrogen-bond donors (Lipinski definition) is 1. The van der Waals surface area contributed by atoms with Gasteiger partial charge in [0, 0.05) is 21.4 Å². The molecule has 0 spiro atoms. The monoisotopic (exact) mass is 422 g/mol. The van der Waals surface area contributed by atoms with Gasteiger partial charge in [0.05, 0.1) is 10.7 Å². The molecular weight excluding hydrogens is 408 g/mol. The van der Waals surface area contributed by atoms with Crippen molar-refractivity contribution in [3.63, 3.8) is 0 Å². The number of hydrogen-bond acceptors (Lipinski definition) is 7. The van der Waals surface area contributed by atoms with Gasteiger partial charge in [0.2, 0.25) is 5.91 Å². The van der Waals surface area contributed by atoms with E-state index in [0.29, 0.717) is 10.8 Å². The number of nitrogens with one attached hydrogen (secondary N) is 1. The number of carbonyl (C=O) groups is 1. The van der Waals surface area contributed by atoms with Gasteiger partial charge in [-0.1, -0.05) is 23.4 Å². The van der Waals surface area contributed by atoms with Crippen LogP contribution in [0.4, 0.5) is 11.4 Å². The molecule has 27 heavy (non-hydrogen) atoms. The Balaban J connectivity index is 1.80. The predicted molar refractivity (Wildman–Crippen MR) is 109 cm³/mol. The number of amides is 1. The van der Waals surface area contributed by atoms with E-state index in [2.05, 4.69) is 15.3 Å². The lowest BCUT2D eigenvalue weighted by molar-refractivity contribution is -0.383. The zero-order valence-electron chi connectivity index (χ0n) is 14.7. The lowest BCUT2D eigenvalue weighted by Gasteiger charge is -2.07. The molecule has 1 aromatic carbocycles. The molecule has 7 nitrogen and oxygen atoms in total. The molecule has 3 aromatic rings. The molecule has 0 saturated heterocycles. The smallest absolute Gasteiger partial charge is 0.292 e. The number of halogens is 1. The largest absolute Gasteiger partial charge is 0.320 e. The van der Waals surface area contributed by atoms with Gasteiger partial charge in [0.15, 0.2) is 0 Å². The number of aromatic nitrogens is 2. The molecule has 1 amide bonds. The third-order valence-electron chi connectivity index (χ3n) is 3.88. The third-order valence-corrected chi connectivity index (χ3v) is 6.19. The summed E-state index contributed by atoms with van der Waals surface area (Å²) in [4.78, 5) is 33.9. The molecule has 3 rings (SSSR count). The number of thiophene rings is 1. The first-order valence-electron chi connectivity index (χ1n) is 7.87. The molecule has 0 radical (unpaired) electrons. The maximum atomic E-state index is 12.3. The van der Waals surface area contributed by atoms with Crippen LogP contribution in [-0.2, 0) is 4.79 Å². The van der Waals surface area contributed by atoms with E-state index in [1.165, 1.54) is 30.0 Å². The van der Waals surface area contributed by atoms with Gasteiger partial charge in [-0.25, -0.2) is 9.97 Å². The molecule has 0 aliphatic rings. The van der Waals surface area contributed by atoms with Crippen molar-refractivity contribution < 1.29 is 9.72 Å². The highest BCUT2D eigenvalue weighted by Gasteiger charge is 2.18. The molecule has 0 atom stereocenters. The second-order valence-corrected chi connectivity index (χ2v) is 8.40. The summed E-state index contributed by atoms with van der Waals surface area (Å²) in [6, 6.07) is 4.04. The van der Waals surface area contributed by atoms with Gasteiger partial charge in [-0.05, 0) is 38.5 Å². The molecule has 0 unspecified atom stereocenters. The average molecular weight is 423 g/mol. The van der Waals surface area contributed by atoms with Gasteiger partial charge < -0.3 is 5.32 Å². The fraction of sp³-hybridized carbons (Fsp3) is 0.235. The van der Waals surface area contributed by atoms with Crippen LogP contribution in [0.25, 0.3) is 10.2 Å². The van der Waals surface area contributed by atoms with E-state index < -0.39 is 4.92 Å². The van der Waals surface area contributed by atoms with Crippen molar-refractivity contribution in [3.05, 3.63) is 49.6 Å². The number of nitro groups is 1. The molecule has 1 N–H and O–H groups in total. The predicted octanol–water partition coefficient (Wildman–Crippen LogP) is 4.91. The number of carbonyl (C=O) groups excluding carboxylic acids is 1. The quantitative estimate of drug-likeness (QED) is 0.271. The van der Waals surface area contributed by atoms with E-state index in [-0.39, 0.29) is 23.0 Å². The summed E-state index contributed by atoms with van der Waals surface area (Å²) < 4.78 is 0. The van der Waals surface area contributed by atoms with Crippen LogP contribution in [0.5, 0.6) is 0 Å². The van der Waals surface area contributed by atoms with Crippen molar-refractivity contribution in [2.45, 2.75) is 25.8 Å². The summed E-state index contributed by atoms with van der Waals surface area (Å²) in [5, 5.41) is 15.7. The van der Waals surface area contributed by atoms with Crippen LogP contribution in [0.1, 0.15) is 16.3 Å². The molecule has 0 bridgehead atoms. The van der Waals surface area contributed by atoms with Gasteiger partial charge in [0.1, 0.15) is 21.4 Å². The Kier molecular flexibility index (Phi) is 5.64. The highest BCUT2D eigenvalue weighted by molar-refractivity contribution is 8.00. The zero-order chi connectivity index (χ0) is 19.7. The molecule has 140 valence electrons. The van der Waals surface area contributed by atoms with E-state index >= 15 is 0 Å². The molecule has 0 fully saturated rings. The molecule has 10 heteroatoms. The summed E-state index contributed by atoms with van der Waals surface area (Å²) in [5.41, 5.74) is 0.968. The first kappa shape index (κ1) is 19.5. The SMILES string of the molecule is Cc1nc(SCC(=O)Nc2cc(Cl)ccc2[N+](=O)[O-])c2c(C)c(C)sc2n1. The van der Waals surface area contributed by atoms with Crippen LogP contribution in [0.15, 0.2) is 23.2 Å². The third kappa shape index (κ3) is 4.20. The summed E-state index contributed by atoms with van der Waals surface area (Å²) >= 11 is 8.76. The van der Waals surface area contributed by atoms with Crippen molar-refractivity contribution in [2.24, 2.45) is 0 Å². The van der Waals surface area contributed by atoms with Crippen LogP contribution in [0, 0.1) is 30.9 Å². The maximum absolute atomic E-state index is 12.3. The standard InChI is InChI=1S/C17H15ClN4O3S2/c1-8-9(2)27-17-15(8)16(19-10(3)20-17)26-7-14(23)21-12-6-11(18)4-5-13(12)22(24)25/h4-6H,7H2,1-3H3,(H,21,23). The number of fused-ring (bicyclic) bond motifs is 1. The fourth-order valence-corrected chi connectivity index (χ4v) is 4.75. The highest BCUT2D eigenvalue weighted by Crippen LogP contribution is 2.35. The average Bonchev–Trinajstić information content (AvgIpc) is 2.86. The lowest BCUT2D eigenvalue weighted by atomic mass is 10.2. The maximum Gasteiger partial charge on any atom is 0.292 e. The Bertz CT molecular complexity index is 1070. The van der Waals surface area contributed by atoms with Crippen LogP contribution in [0.3, 0.4) is 0 Å². The minimum atomic E-state index is -0.562. The minimum absolute atomic E-state index is 0.0591. The normalized spacial score (nSPS) is 11.0. The molecule has 2 aromatic heterocycles.